The second-order valence-electron chi connectivity index (χ2n) is 13.1. The van der Waals surface area contributed by atoms with Crippen LogP contribution >= 0.6 is 0 Å². The molecule has 2 aliphatic rings. The fourth-order valence-corrected chi connectivity index (χ4v) is 7.58. The summed E-state index contributed by atoms with van der Waals surface area (Å²) in [7, 11) is 0. The van der Waals surface area contributed by atoms with Gasteiger partial charge in [0.05, 0.1) is 0 Å². The minimum Gasteiger partial charge on any atom is -0.310 e. The van der Waals surface area contributed by atoms with Crippen LogP contribution < -0.4 is 4.90 Å². The normalized spacial score (nSPS) is 14.9. The van der Waals surface area contributed by atoms with Crippen LogP contribution in [0.15, 0.2) is 140 Å². The first-order valence-corrected chi connectivity index (χ1v) is 15.3. The van der Waals surface area contributed by atoms with Gasteiger partial charge in [0.1, 0.15) is 0 Å². The number of rotatable bonds is 4. The molecule has 0 N–H and O–H groups in total. The maximum absolute atomic E-state index is 2.44. The van der Waals surface area contributed by atoms with E-state index < -0.39 is 0 Å². The Morgan fingerprint density at radius 2 is 0.860 bits per heavy atom. The highest BCUT2D eigenvalue weighted by Crippen LogP contribution is 2.53. The van der Waals surface area contributed by atoms with Crippen molar-refractivity contribution in [2.45, 2.75) is 38.5 Å². The first kappa shape index (κ1) is 25.8. The van der Waals surface area contributed by atoms with Gasteiger partial charge in [0.15, 0.2) is 0 Å². The summed E-state index contributed by atoms with van der Waals surface area (Å²) in [4.78, 5) is 2.44. The van der Waals surface area contributed by atoms with Gasteiger partial charge in [-0.3, -0.25) is 0 Å². The zero-order valence-electron chi connectivity index (χ0n) is 25.2. The maximum Gasteiger partial charge on any atom is 0.0468 e. The van der Waals surface area contributed by atoms with Crippen molar-refractivity contribution in [2.75, 3.05) is 4.90 Å². The molecule has 0 saturated carbocycles. The molecule has 0 atom stereocenters. The Morgan fingerprint density at radius 1 is 0.349 bits per heavy atom. The molecule has 0 spiro atoms. The van der Waals surface area contributed by atoms with Crippen LogP contribution in [-0.4, -0.2) is 0 Å². The van der Waals surface area contributed by atoms with Crippen molar-refractivity contribution in [2.24, 2.45) is 0 Å². The van der Waals surface area contributed by atoms with Gasteiger partial charge in [-0.2, -0.15) is 0 Å². The number of anilines is 3. The van der Waals surface area contributed by atoms with Crippen molar-refractivity contribution in [3.8, 4) is 33.4 Å². The van der Waals surface area contributed by atoms with Gasteiger partial charge >= 0.3 is 0 Å². The van der Waals surface area contributed by atoms with E-state index in [9.17, 15) is 0 Å². The Labute approximate surface area is 255 Å². The van der Waals surface area contributed by atoms with Crippen molar-refractivity contribution in [3.63, 3.8) is 0 Å². The number of hydrogen-bond acceptors (Lipinski definition) is 1. The maximum atomic E-state index is 2.44. The second kappa shape index (κ2) is 9.31. The minimum absolute atomic E-state index is 0.0219. The van der Waals surface area contributed by atoms with Crippen LogP contribution in [0, 0.1) is 0 Å². The van der Waals surface area contributed by atoms with Gasteiger partial charge in [0.2, 0.25) is 0 Å². The van der Waals surface area contributed by atoms with Crippen LogP contribution in [-0.2, 0) is 10.8 Å². The van der Waals surface area contributed by atoms with Crippen LogP contribution in [0.1, 0.15) is 49.9 Å². The Balaban J connectivity index is 1.34. The van der Waals surface area contributed by atoms with E-state index in [0.29, 0.717) is 0 Å². The molecule has 0 saturated heterocycles. The Hall–Kier alpha value is -4.88. The highest BCUT2D eigenvalue weighted by atomic mass is 15.1. The van der Waals surface area contributed by atoms with E-state index in [4.69, 9.17) is 0 Å². The Kier molecular flexibility index (Phi) is 5.59. The van der Waals surface area contributed by atoms with Gasteiger partial charge in [0.25, 0.3) is 0 Å². The summed E-state index contributed by atoms with van der Waals surface area (Å²) in [5, 5.41) is 0. The summed E-state index contributed by atoms with van der Waals surface area (Å²) >= 11 is 0. The molecule has 1 heteroatoms. The van der Waals surface area contributed by atoms with E-state index >= 15 is 0 Å². The molecule has 8 rings (SSSR count). The van der Waals surface area contributed by atoms with Crippen LogP contribution in [0.5, 0.6) is 0 Å². The highest BCUT2D eigenvalue weighted by molar-refractivity contribution is 5.89. The molecule has 6 aromatic rings. The summed E-state index contributed by atoms with van der Waals surface area (Å²) < 4.78 is 0. The number of fused-ring (bicyclic) bond motifs is 6. The van der Waals surface area contributed by atoms with E-state index in [2.05, 4.69) is 172 Å². The zero-order chi connectivity index (χ0) is 29.3. The predicted molar refractivity (Wildman–Crippen MR) is 182 cm³/mol. The van der Waals surface area contributed by atoms with Gasteiger partial charge < -0.3 is 4.90 Å². The lowest BCUT2D eigenvalue weighted by Crippen LogP contribution is -2.17. The average Bonchev–Trinajstić information content (AvgIpc) is 3.41. The number of nitrogens with zero attached hydrogens (tertiary/aromatic N) is 1. The smallest absolute Gasteiger partial charge is 0.0468 e. The molecule has 0 aromatic heterocycles. The van der Waals surface area contributed by atoms with Gasteiger partial charge in [-0.25, -0.2) is 0 Å². The topological polar surface area (TPSA) is 3.24 Å². The minimum atomic E-state index is -0.0691. The van der Waals surface area contributed by atoms with Crippen LogP contribution in [0.2, 0.25) is 0 Å². The summed E-state index contributed by atoms with van der Waals surface area (Å²) in [5.41, 5.74) is 16.8. The van der Waals surface area contributed by atoms with Crippen molar-refractivity contribution < 1.29 is 0 Å². The Morgan fingerprint density at radius 3 is 1.60 bits per heavy atom. The molecule has 2 aliphatic carbocycles. The summed E-state index contributed by atoms with van der Waals surface area (Å²) in [6.07, 6.45) is 0. The lowest BCUT2D eigenvalue weighted by Gasteiger charge is -2.29. The average molecular weight is 554 g/mol. The molecule has 208 valence electrons. The molecular weight excluding hydrogens is 518 g/mol. The summed E-state index contributed by atoms with van der Waals surface area (Å²) in [5.74, 6) is 0. The van der Waals surface area contributed by atoms with Crippen LogP contribution in [0.4, 0.5) is 17.1 Å². The van der Waals surface area contributed by atoms with E-state index in [-0.39, 0.29) is 10.8 Å². The first-order valence-electron chi connectivity index (χ1n) is 15.3. The van der Waals surface area contributed by atoms with Crippen molar-refractivity contribution in [1.82, 2.24) is 0 Å². The van der Waals surface area contributed by atoms with Crippen molar-refractivity contribution in [1.29, 1.82) is 0 Å². The van der Waals surface area contributed by atoms with E-state index in [1.807, 2.05) is 0 Å². The quantitative estimate of drug-likeness (QED) is 0.210. The van der Waals surface area contributed by atoms with E-state index in [1.54, 1.807) is 0 Å². The monoisotopic (exact) mass is 553 g/mol. The molecule has 0 amide bonds. The van der Waals surface area contributed by atoms with Crippen molar-refractivity contribution >= 4 is 17.1 Å². The van der Waals surface area contributed by atoms with Gasteiger partial charge in [-0.05, 0) is 92.0 Å². The molecule has 0 radical (unpaired) electrons. The fourth-order valence-electron chi connectivity index (χ4n) is 7.58. The van der Waals surface area contributed by atoms with E-state index in [1.165, 1.54) is 67.0 Å². The standard InChI is InChI=1S/C42H35N/c1-41(2)38-20-11-9-18-34(38)36-26-31(22-24-39(36)41)43(30-16-12-15-29(25-30)28-13-6-5-7-14-28)32-21-23-35-33-17-8-10-19-37(33)42(3,4)40(35)27-32/h5-27H,1-4H3. The third-order valence-electron chi connectivity index (χ3n) is 9.86. The fraction of sp³-hybridized carbons (Fsp3) is 0.143. The lowest BCUT2D eigenvalue weighted by atomic mass is 9.82. The zero-order valence-corrected chi connectivity index (χ0v) is 25.2. The summed E-state index contributed by atoms with van der Waals surface area (Å²) in [6, 6.07) is 51.5. The molecule has 6 aromatic carbocycles. The van der Waals surface area contributed by atoms with Gasteiger partial charge in [0, 0.05) is 27.9 Å². The molecule has 0 heterocycles. The molecule has 0 fully saturated rings. The Bertz CT molecular complexity index is 2030. The first-order chi connectivity index (χ1) is 20.8. The number of hydrogen-bond donors (Lipinski definition) is 0. The van der Waals surface area contributed by atoms with E-state index in [0.717, 1.165) is 5.69 Å². The highest BCUT2D eigenvalue weighted by Gasteiger charge is 2.37. The third kappa shape index (κ3) is 3.85. The van der Waals surface area contributed by atoms with Crippen molar-refractivity contribution in [3.05, 3.63) is 162 Å². The largest absolute Gasteiger partial charge is 0.310 e. The molecular formula is C42H35N. The third-order valence-corrected chi connectivity index (χ3v) is 9.86. The predicted octanol–water partition coefficient (Wildman–Crippen LogP) is 11.4. The van der Waals surface area contributed by atoms with Crippen LogP contribution in [0.3, 0.4) is 0 Å². The molecule has 0 unspecified atom stereocenters. The molecule has 0 bridgehead atoms. The SMILES string of the molecule is CC1(C)c2ccccc2-c2cc(N(c3cccc(-c4ccccc4)c3)c3ccc4c(c3)C(C)(C)c3ccccc3-4)ccc21. The van der Waals surface area contributed by atoms with Gasteiger partial charge in [-0.1, -0.05) is 131 Å². The molecule has 1 nitrogen and oxygen atoms in total. The van der Waals surface area contributed by atoms with Crippen LogP contribution in [0.25, 0.3) is 33.4 Å². The van der Waals surface area contributed by atoms with Gasteiger partial charge in [-0.15, -0.1) is 0 Å². The molecule has 0 aliphatic heterocycles. The second-order valence-corrected chi connectivity index (χ2v) is 13.1. The summed E-state index contributed by atoms with van der Waals surface area (Å²) in [6.45, 7) is 9.41. The number of benzene rings is 6. The lowest BCUT2D eigenvalue weighted by molar-refractivity contribution is 0.660. The molecule has 43 heavy (non-hydrogen) atoms.